The highest BCUT2D eigenvalue weighted by Crippen LogP contribution is 2.21. The molecule has 2 aromatic rings. The van der Waals surface area contributed by atoms with Gasteiger partial charge in [0.15, 0.2) is 0 Å². The van der Waals surface area contributed by atoms with Crippen molar-refractivity contribution in [2.75, 3.05) is 24.2 Å². The van der Waals surface area contributed by atoms with Crippen LogP contribution < -0.4 is 14.4 Å². The molecule has 6 nitrogen and oxygen atoms in total. The summed E-state index contributed by atoms with van der Waals surface area (Å²) in [5, 5.41) is 2.76. The number of anilines is 1. The van der Waals surface area contributed by atoms with E-state index in [2.05, 4.69) is 5.32 Å². The van der Waals surface area contributed by atoms with E-state index in [1.54, 1.807) is 7.11 Å². The lowest BCUT2D eigenvalue weighted by Crippen LogP contribution is -2.48. The zero-order chi connectivity index (χ0) is 20.7. The highest BCUT2D eigenvalue weighted by atomic mass is 32.2. The summed E-state index contributed by atoms with van der Waals surface area (Å²) >= 11 is 0. The highest BCUT2D eigenvalue weighted by molar-refractivity contribution is 7.92. The number of benzene rings is 2. The second kappa shape index (κ2) is 9.54. The minimum Gasteiger partial charge on any atom is -0.496 e. The van der Waals surface area contributed by atoms with Crippen LogP contribution in [0.3, 0.4) is 0 Å². The van der Waals surface area contributed by atoms with Crippen LogP contribution in [0.5, 0.6) is 5.75 Å². The Morgan fingerprint density at radius 1 is 1.18 bits per heavy atom. The first-order valence-corrected chi connectivity index (χ1v) is 10.7. The smallest absolute Gasteiger partial charge is 0.243 e. The second-order valence-electron chi connectivity index (χ2n) is 6.42. The maximum absolute atomic E-state index is 13.1. The minimum absolute atomic E-state index is 0.237. The molecule has 1 atom stereocenters. The van der Waals surface area contributed by atoms with Crippen LogP contribution >= 0.6 is 0 Å². The Balaban J connectivity index is 1.98. The molecule has 2 rings (SSSR count). The van der Waals surface area contributed by atoms with Gasteiger partial charge in [0.2, 0.25) is 15.9 Å². The van der Waals surface area contributed by atoms with Gasteiger partial charge in [0.1, 0.15) is 17.6 Å². The number of ether oxygens (including phenoxy) is 1. The number of amides is 1. The van der Waals surface area contributed by atoms with Crippen LogP contribution in [0, 0.1) is 5.82 Å². The maximum atomic E-state index is 13.1. The van der Waals surface area contributed by atoms with Gasteiger partial charge in [-0.3, -0.25) is 9.10 Å². The van der Waals surface area contributed by atoms with E-state index >= 15 is 0 Å². The summed E-state index contributed by atoms with van der Waals surface area (Å²) in [6, 6.07) is 11.7. The molecule has 152 valence electrons. The number of nitrogens with one attached hydrogen (secondary N) is 1. The van der Waals surface area contributed by atoms with Gasteiger partial charge in [-0.05, 0) is 55.7 Å². The van der Waals surface area contributed by atoms with E-state index in [4.69, 9.17) is 4.74 Å². The van der Waals surface area contributed by atoms with Gasteiger partial charge < -0.3 is 10.1 Å². The lowest BCUT2D eigenvalue weighted by Gasteiger charge is -2.28. The van der Waals surface area contributed by atoms with E-state index in [9.17, 15) is 17.6 Å². The Morgan fingerprint density at radius 2 is 1.82 bits per heavy atom. The third kappa shape index (κ3) is 5.69. The molecule has 1 N–H and O–H groups in total. The largest absolute Gasteiger partial charge is 0.496 e. The summed E-state index contributed by atoms with van der Waals surface area (Å²) in [5.74, 6) is -0.109. The number of methoxy groups -OCH3 is 1. The number of sulfonamides is 1. The van der Waals surface area contributed by atoms with Gasteiger partial charge in [-0.1, -0.05) is 18.2 Å². The maximum Gasteiger partial charge on any atom is 0.243 e. The fourth-order valence-electron chi connectivity index (χ4n) is 2.94. The predicted octanol–water partition coefficient (Wildman–Crippen LogP) is 2.74. The van der Waals surface area contributed by atoms with Gasteiger partial charge in [0, 0.05) is 6.54 Å². The molecule has 2 aromatic carbocycles. The zero-order valence-electron chi connectivity index (χ0n) is 16.2. The number of hydrogen-bond donors (Lipinski definition) is 1. The third-order valence-corrected chi connectivity index (χ3v) is 5.53. The van der Waals surface area contributed by atoms with Crippen molar-refractivity contribution in [3.63, 3.8) is 0 Å². The van der Waals surface area contributed by atoms with Crippen molar-refractivity contribution in [3.8, 4) is 5.75 Å². The molecular formula is C20H25FN2O4S. The van der Waals surface area contributed by atoms with Crippen LogP contribution in [-0.2, 0) is 21.2 Å². The van der Waals surface area contributed by atoms with Crippen LogP contribution in [0.1, 0.15) is 18.9 Å². The molecule has 0 spiro atoms. The monoisotopic (exact) mass is 408 g/mol. The van der Waals surface area contributed by atoms with Crippen LogP contribution in [-0.4, -0.2) is 40.3 Å². The van der Waals surface area contributed by atoms with E-state index in [-0.39, 0.29) is 5.69 Å². The van der Waals surface area contributed by atoms with Gasteiger partial charge in [0.25, 0.3) is 0 Å². The molecule has 0 radical (unpaired) electrons. The predicted molar refractivity (Wildman–Crippen MR) is 108 cm³/mol. The fraction of sp³-hybridized carbons (Fsp3) is 0.350. The quantitative estimate of drug-likeness (QED) is 0.648. The lowest BCUT2D eigenvalue weighted by molar-refractivity contribution is -0.121. The summed E-state index contributed by atoms with van der Waals surface area (Å²) < 4.78 is 43.8. The summed E-state index contributed by atoms with van der Waals surface area (Å²) in [5.41, 5.74) is 1.27. The number of nitrogens with zero attached hydrogens (tertiary/aromatic N) is 1. The summed E-state index contributed by atoms with van der Waals surface area (Å²) in [7, 11) is -2.12. The molecular weight excluding hydrogens is 383 g/mol. The number of halogens is 1. The number of carbonyl (C=O) groups is 1. The molecule has 0 aromatic heterocycles. The van der Waals surface area contributed by atoms with E-state index in [0.29, 0.717) is 19.4 Å². The summed E-state index contributed by atoms with van der Waals surface area (Å²) in [4.78, 5) is 12.5. The van der Waals surface area contributed by atoms with Crippen molar-refractivity contribution in [3.05, 3.63) is 59.9 Å². The molecule has 0 fully saturated rings. The van der Waals surface area contributed by atoms with E-state index in [1.807, 2.05) is 24.3 Å². The summed E-state index contributed by atoms with van der Waals surface area (Å²) in [6.07, 6.45) is 2.41. The lowest BCUT2D eigenvalue weighted by atomic mass is 10.1. The van der Waals surface area contributed by atoms with Gasteiger partial charge in [0.05, 0.1) is 19.1 Å². The van der Waals surface area contributed by atoms with E-state index in [0.717, 1.165) is 34.0 Å². The molecule has 0 aliphatic heterocycles. The highest BCUT2D eigenvalue weighted by Gasteiger charge is 2.28. The number of carbonyl (C=O) groups excluding carboxylic acids is 1. The zero-order valence-corrected chi connectivity index (χ0v) is 17.0. The molecule has 0 aliphatic rings. The standard InChI is InChI=1S/C20H25FN2O4S/c1-15(23(28(3,25)26)18-12-10-17(21)11-13-18)20(24)22-14-6-8-16-7-4-5-9-19(16)27-2/h4-5,7,9-13,15H,6,8,14H2,1-3H3,(H,22,24)/t15-/m0/s1. The van der Waals surface area contributed by atoms with Crippen LogP contribution in [0.4, 0.5) is 10.1 Å². The van der Waals surface area contributed by atoms with Gasteiger partial charge in [-0.15, -0.1) is 0 Å². The molecule has 0 saturated heterocycles. The average molecular weight is 408 g/mol. The molecule has 0 saturated carbocycles. The SMILES string of the molecule is COc1ccccc1CCCNC(=O)[C@H](C)N(c1ccc(F)cc1)S(C)(=O)=O. The fourth-order valence-corrected chi connectivity index (χ4v) is 4.12. The molecule has 0 unspecified atom stereocenters. The first-order valence-electron chi connectivity index (χ1n) is 8.88. The Hall–Kier alpha value is -2.61. The number of rotatable bonds is 9. The molecule has 0 heterocycles. The van der Waals surface area contributed by atoms with Crippen molar-refractivity contribution < 1.29 is 22.3 Å². The van der Waals surface area contributed by atoms with E-state index in [1.165, 1.54) is 19.1 Å². The van der Waals surface area contributed by atoms with Crippen molar-refractivity contribution in [1.29, 1.82) is 0 Å². The molecule has 1 amide bonds. The van der Waals surface area contributed by atoms with Crippen LogP contribution in [0.25, 0.3) is 0 Å². The third-order valence-electron chi connectivity index (χ3n) is 4.28. The number of aryl methyl sites for hydroxylation is 1. The van der Waals surface area contributed by atoms with Gasteiger partial charge >= 0.3 is 0 Å². The number of para-hydroxylation sites is 1. The van der Waals surface area contributed by atoms with Crippen molar-refractivity contribution in [1.82, 2.24) is 5.32 Å². The molecule has 8 heteroatoms. The van der Waals surface area contributed by atoms with Gasteiger partial charge in [-0.25, -0.2) is 12.8 Å². The van der Waals surface area contributed by atoms with Crippen LogP contribution in [0.15, 0.2) is 48.5 Å². The Labute approximate surface area is 165 Å². The Kier molecular flexibility index (Phi) is 7.39. The topological polar surface area (TPSA) is 75.7 Å². The average Bonchev–Trinajstić information content (AvgIpc) is 2.66. The molecule has 0 aliphatic carbocycles. The van der Waals surface area contributed by atoms with E-state index < -0.39 is 27.8 Å². The van der Waals surface area contributed by atoms with Crippen LogP contribution in [0.2, 0.25) is 0 Å². The molecule has 28 heavy (non-hydrogen) atoms. The summed E-state index contributed by atoms with van der Waals surface area (Å²) in [6.45, 7) is 1.89. The van der Waals surface area contributed by atoms with Crippen molar-refractivity contribution >= 4 is 21.6 Å². The van der Waals surface area contributed by atoms with Crippen molar-refractivity contribution in [2.24, 2.45) is 0 Å². The molecule has 0 bridgehead atoms. The first-order chi connectivity index (χ1) is 13.2. The minimum atomic E-state index is -3.72. The number of hydrogen-bond acceptors (Lipinski definition) is 4. The Bertz CT molecular complexity index is 901. The Morgan fingerprint density at radius 3 is 2.43 bits per heavy atom. The first kappa shape index (κ1) is 21.7. The normalized spacial score (nSPS) is 12.3. The van der Waals surface area contributed by atoms with Crippen molar-refractivity contribution in [2.45, 2.75) is 25.8 Å². The van der Waals surface area contributed by atoms with Gasteiger partial charge in [-0.2, -0.15) is 0 Å². The second-order valence-corrected chi connectivity index (χ2v) is 8.28.